The Kier molecular flexibility index (Phi) is 4.69. The molecule has 5 heteroatoms. The minimum Gasteiger partial charge on any atom is -0.367 e. The molecule has 0 spiro atoms. The lowest BCUT2D eigenvalue weighted by Gasteiger charge is -2.10. The highest BCUT2D eigenvalue weighted by Crippen LogP contribution is 2.00. The van der Waals surface area contributed by atoms with Crippen molar-refractivity contribution < 1.29 is 18.3 Å². The van der Waals surface area contributed by atoms with Crippen molar-refractivity contribution in [3.05, 3.63) is 0 Å². The highest BCUT2D eigenvalue weighted by atomic mass is 19.3. The Morgan fingerprint density at radius 2 is 2.18 bits per heavy atom. The number of primary amides is 1. The van der Waals surface area contributed by atoms with Gasteiger partial charge in [-0.2, -0.15) is 0 Å². The van der Waals surface area contributed by atoms with E-state index in [0.29, 0.717) is 6.42 Å². The maximum atomic E-state index is 11.5. The lowest BCUT2D eigenvalue weighted by molar-refractivity contribution is -0.132. The number of hydrogen-bond donors (Lipinski definition) is 1. The number of ether oxygens (including phenoxy) is 1. The van der Waals surface area contributed by atoms with Crippen molar-refractivity contribution in [2.24, 2.45) is 5.73 Å². The van der Waals surface area contributed by atoms with Gasteiger partial charge in [0.1, 0.15) is 12.7 Å². The number of hydrogen-bond acceptors (Lipinski definition) is 2. The summed E-state index contributed by atoms with van der Waals surface area (Å²) in [5, 5.41) is 0. The van der Waals surface area contributed by atoms with Gasteiger partial charge in [0.25, 0.3) is 6.43 Å². The molecule has 11 heavy (non-hydrogen) atoms. The fourth-order valence-electron chi connectivity index (χ4n) is 0.590. The summed E-state index contributed by atoms with van der Waals surface area (Å²) >= 11 is 0. The molecular weight excluding hydrogens is 156 g/mol. The average molecular weight is 167 g/mol. The van der Waals surface area contributed by atoms with Crippen LogP contribution in [-0.4, -0.2) is 25.0 Å². The zero-order valence-electron chi connectivity index (χ0n) is 6.22. The van der Waals surface area contributed by atoms with Crippen molar-refractivity contribution in [1.82, 2.24) is 0 Å². The van der Waals surface area contributed by atoms with Gasteiger partial charge in [-0.3, -0.25) is 4.79 Å². The first-order valence-corrected chi connectivity index (χ1v) is 3.27. The molecule has 0 aliphatic heterocycles. The summed E-state index contributed by atoms with van der Waals surface area (Å²) in [7, 11) is 0. The van der Waals surface area contributed by atoms with Crippen LogP contribution in [0.15, 0.2) is 0 Å². The minimum absolute atomic E-state index is 0.321. The maximum Gasteiger partial charge on any atom is 0.261 e. The molecule has 0 saturated heterocycles. The van der Waals surface area contributed by atoms with E-state index in [1.807, 2.05) is 0 Å². The molecule has 1 atom stereocenters. The molecule has 0 bridgehead atoms. The van der Waals surface area contributed by atoms with Crippen molar-refractivity contribution in [2.75, 3.05) is 6.61 Å². The highest BCUT2D eigenvalue weighted by molar-refractivity contribution is 5.78. The Labute approximate surface area is 63.5 Å². The monoisotopic (exact) mass is 167 g/mol. The summed E-state index contributed by atoms with van der Waals surface area (Å²) in [5.74, 6) is -0.701. The summed E-state index contributed by atoms with van der Waals surface area (Å²) < 4.78 is 27.5. The summed E-state index contributed by atoms with van der Waals surface area (Å²) in [6.45, 7) is 0.905. The van der Waals surface area contributed by atoms with E-state index < -0.39 is 25.0 Å². The molecule has 0 radical (unpaired) electrons. The predicted molar refractivity (Wildman–Crippen MR) is 35.2 cm³/mol. The average Bonchev–Trinajstić information content (AvgIpc) is 1.87. The molecule has 1 unspecified atom stereocenters. The normalized spacial score (nSPS) is 13.5. The van der Waals surface area contributed by atoms with Crippen molar-refractivity contribution in [3.8, 4) is 0 Å². The predicted octanol–water partition coefficient (Wildman–Crippen LogP) is 0.532. The van der Waals surface area contributed by atoms with Crippen LogP contribution in [0.3, 0.4) is 0 Å². The van der Waals surface area contributed by atoms with Gasteiger partial charge in [-0.15, -0.1) is 0 Å². The van der Waals surface area contributed by atoms with E-state index >= 15 is 0 Å². The van der Waals surface area contributed by atoms with Gasteiger partial charge in [-0.25, -0.2) is 8.78 Å². The van der Waals surface area contributed by atoms with Crippen molar-refractivity contribution in [2.45, 2.75) is 25.9 Å². The molecule has 0 aliphatic rings. The minimum atomic E-state index is -2.55. The lowest BCUT2D eigenvalue weighted by Crippen LogP contribution is -2.31. The van der Waals surface area contributed by atoms with Crippen LogP contribution in [0.1, 0.15) is 13.3 Å². The van der Waals surface area contributed by atoms with Crippen LogP contribution in [0, 0.1) is 0 Å². The molecule has 66 valence electrons. The van der Waals surface area contributed by atoms with Crippen LogP contribution in [0.25, 0.3) is 0 Å². The first-order valence-electron chi connectivity index (χ1n) is 3.27. The molecule has 0 fully saturated rings. The third-order valence-corrected chi connectivity index (χ3v) is 1.11. The van der Waals surface area contributed by atoms with Gasteiger partial charge in [-0.1, -0.05) is 6.92 Å². The molecule has 0 aromatic carbocycles. The number of rotatable bonds is 5. The zero-order chi connectivity index (χ0) is 8.85. The second-order valence-electron chi connectivity index (χ2n) is 2.02. The van der Waals surface area contributed by atoms with E-state index in [0.717, 1.165) is 0 Å². The topological polar surface area (TPSA) is 52.3 Å². The number of carbonyl (C=O) groups excluding carboxylic acids is 1. The molecule has 3 nitrogen and oxygen atoms in total. The Bertz CT molecular complexity index is 130. The third-order valence-electron chi connectivity index (χ3n) is 1.11. The largest absolute Gasteiger partial charge is 0.367 e. The zero-order valence-corrected chi connectivity index (χ0v) is 6.22. The summed E-state index contributed by atoms with van der Waals surface area (Å²) in [6, 6.07) is 0. The second kappa shape index (κ2) is 5.01. The third kappa shape index (κ3) is 4.66. The molecule has 0 aromatic rings. The van der Waals surface area contributed by atoms with E-state index in [1.165, 1.54) is 0 Å². The summed E-state index contributed by atoms with van der Waals surface area (Å²) in [4.78, 5) is 10.4. The number of alkyl halides is 2. The van der Waals surface area contributed by atoms with E-state index in [-0.39, 0.29) is 0 Å². The van der Waals surface area contributed by atoms with Gasteiger partial charge in [0.05, 0.1) is 0 Å². The Morgan fingerprint density at radius 1 is 1.64 bits per heavy atom. The number of halogens is 2. The van der Waals surface area contributed by atoms with Crippen LogP contribution in [0.2, 0.25) is 0 Å². The number of nitrogens with two attached hydrogens (primary N) is 1. The molecule has 2 N–H and O–H groups in total. The molecule has 0 rings (SSSR count). The molecule has 1 amide bonds. The van der Waals surface area contributed by atoms with E-state index in [2.05, 4.69) is 4.74 Å². The number of amides is 1. The first kappa shape index (κ1) is 10.3. The van der Waals surface area contributed by atoms with Crippen LogP contribution >= 0.6 is 0 Å². The van der Waals surface area contributed by atoms with Gasteiger partial charge >= 0.3 is 0 Å². The smallest absolute Gasteiger partial charge is 0.261 e. The molecule has 0 aliphatic carbocycles. The molecule has 0 aromatic heterocycles. The SMILES string of the molecule is CCC(OCC(F)F)C(N)=O. The highest BCUT2D eigenvalue weighted by Gasteiger charge is 2.15. The van der Waals surface area contributed by atoms with Gasteiger partial charge in [0.15, 0.2) is 0 Å². The van der Waals surface area contributed by atoms with E-state index in [1.54, 1.807) is 6.92 Å². The van der Waals surface area contributed by atoms with Crippen LogP contribution in [-0.2, 0) is 9.53 Å². The van der Waals surface area contributed by atoms with Crippen LogP contribution in [0.4, 0.5) is 8.78 Å². The van der Waals surface area contributed by atoms with E-state index in [4.69, 9.17) is 5.73 Å². The van der Waals surface area contributed by atoms with Crippen LogP contribution in [0.5, 0.6) is 0 Å². The van der Waals surface area contributed by atoms with Gasteiger partial charge in [0, 0.05) is 0 Å². The molecular formula is C6H11F2NO2. The Morgan fingerprint density at radius 3 is 2.45 bits per heavy atom. The summed E-state index contributed by atoms with van der Waals surface area (Å²) in [5.41, 5.74) is 4.82. The van der Waals surface area contributed by atoms with Crippen molar-refractivity contribution >= 4 is 5.91 Å². The van der Waals surface area contributed by atoms with Crippen LogP contribution < -0.4 is 5.73 Å². The van der Waals surface area contributed by atoms with Crippen molar-refractivity contribution in [3.63, 3.8) is 0 Å². The fourth-order valence-corrected chi connectivity index (χ4v) is 0.590. The molecule has 0 heterocycles. The molecule has 0 saturated carbocycles. The quantitative estimate of drug-likeness (QED) is 0.649. The van der Waals surface area contributed by atoms with Gasteiger partial charge < -0.3 is 10.5 Å². The summed E-state index contributed by atoms with van der Waals surface area (Å²) in [6.07, 6.45) is -3.12. The first-order chi connectivity index (χ1) is 5.07. The second-order valence-corrected chi connectivity index (χ2v) is 2.02. The lowest BCUT2D eigenvalue weighted by atomic mass is 10.3. The fraction of sp³-hybridized carbons (Fsp3) is 0.833. The number of carbonyl (C=O) groups is 1. The van der Waals surface area contributed by atoms with Crippen molar-refractivity contribution in [1.29, 1.82) is 0 Å². The van der Waals surface area contributed by atoms with Gasteiger partial charge in [-0.05, 0) is 6.42 Å². The Hall–Kier alpha value is -0.710. The Balaban J connectivity index is 3.61. The standard InChI is InChI=1S/C6H11F2NO2/c1-2-4(6(9)10)11-3-5(7)8/h4-5H,2-3H2,1H3,(H2,9,10). The maximum absolute atomic E-state index is 11.5. The van der Waals surface area contributed by atoms with E-state index in [9.17, 15) is 13.6 Å². The van der Waals surface area contributed by atoms with Gasteiger partial charge in [0.2, 0.25) is 5.91 Å².